The first kappa shape index (κ1) is 13.5. The van der Waals surface area contributed by atoms with Gasteiger partial charge in [0.1, 0.15) is 0 Å². The van der Waals surface area contributed by atoms with Crippen molar-refractivity contribution in [2.24, 2.45) is 0 Å². The van der Waals surface area contributed by atoms with Crippen LogP contribution in [0.3, 0.4) is 0 Å². The third-order valence-corrected chi connectivity index (χ3v) is 3.66. The zero-order valence-corrected chi connectivity index (χ0v) is 11.6. The molecular formula is C17H18N2O2. The molecule has 108 valence electrons. The van der Waals surface area contributed by atoms with Crippen LogP contribution < -0.4 is 5.32 Å². The Morgan fingerprint density at radius 2 is 1.81 bits per heavy atom. The van der Waals surface area contributed by atoms with Gasteiger partial charge in [0.25, 0.3) is 0 Å². The summed E-state index contributed by atoms with van der Waals surface area (Å²) in [4.78, 5) is 3.26. The molecule has 1 heterocycles. The van der Waals surface area contributed by atoms with E-state index in [4.69, 9.17) is 0 Å². The number of nitrogens with one attached hydrogen (secondary N) is 2. The lowest BCUT2D eigenvalue weighted by Crippen LogP contribution is -2.16. The molecule has 21 heavy (non-hydrogen) atoms. The maximum absolute atomic E-state index is 9.73. The number of rotatable bonds is 5. The zero-order valence-electron chi connectivity index (χ0n) is 11.6. The van der Waals surface area contributed by atoms with E-state index < -0.39 is 0 Å². The number of benzene rings is 2. The Morgan fingerprint density at radius 1 is 0.952 bits per heavy atom. The van der Waals surface area contributed by atoms with Crippen LogP contribution in [-0.2, 0) is 13.0 Å². The molecule has 0 aliphatic carbocycles. The van der Waals surface area contributed by atoms with Gasteiger partial charge in [-0.3, -0.25) is 0 Å². The maximum Gasteiger partial charge on any atom is 0.161 e. The number of aromatic hydroxyl groups is 2. The molecule has 2 aromatic carbocycles. The summed E-state index contributed by atoms with van der Waals surface area (Å²) in [6.45, 7) is 1.33. The number of phenols is 2. The molecule has 0 aliphatic rings. The molecule has 4 heteroatoms. The van der Waals surface area contributed by atoms with E-state index in [0.717, 1.165) is 18.5 Å². The van der Waals surface area contributed by atoms with Crippen LogP contribution in [0.1, 0.15) is 11.1 Å². The summed E-state index contributed by atoms with van der Waals surface area (Å²) in [6, 6.07) is 13.2. The van der Waals surface area contributed by atoms with Crippen LogP contribution in [0, 0.1) is 0 Å². The third-order valence-electron chi connectivity index (χ3n) is 3.66. The van der Waals surface area contributed by atoms with Crippen molar-refractivity contribution < 1.29 is 10.2 Å². The number of hydrogen-bond acceptors (Lipinski definition) is 3. The molecule has 4 nitrogen and oxygen atoms in total. The second kappa shape index (κ2) is 5.89. The number of para-hydroxylation sites is 2. The highest BCUT2D eigenvalue weighted by Gasteiger charge is 2.06. The molecule has 0 bridgehead atoms. The van der Waals surface area contributed by atoms with Gasteiger partial charge in [0, 0.05) is 29.2 Å². The highest BCUT2D eigenvalue weighted by Crippen LogP contribution is 2.27. The van der Waals surface area contributed by atoms with E-state index in [1.807, 2.05) is 18.3 Å². The summed E-state index contributed by atoms with van der Waals surface area (Å²) in [5.74, 6) is -0.122. The highest BCUT2D eigenvalue weighted by atomic mass is 16.3. The Morgan fingerprint density at radius 3 is 2.71 bits per heavy atom. The molecule has 1 aromatic heterocycles. The van der Waals surface area contributed by atoms with Gasteiger partial charge in [0.05, 0.1) is 0 Å². The summed E-state index contributed by atoms with van der Waals surface area (Å²) >= 11 is 0. The Balaban J connectivity index is 1.58. The Bertz CT molecular complexity index is 749. The molecule has 0 fully saturated rings. The molecule has 4 N–H and O–H groups in total. The predicted molar refractivity (Wildman–Crippen MR) is 83.5 cm³/mol. The van der Waals surface area contributed by atoms with Gasteiger partial charge in [0.2, 0.25) is 0 Å². The molecule has 0 amide bonds. The standard InChI is InChI=1S/C17H18N2O2/c20-16-7-3-4-13(17(16)21)10-18-9-8-12-11-19-15-6-2-1-5-14(12)15/h1-7,11,18-21H,8-10H2. The lowest BCUT2D eigenvalue weighted by molar-refractivity contribution is 0.398. The fourth-order valence-electron chi connectivity index (χ4n) is 2.50. The topological polar surface area (TPSA) is 68.3 Å². The van der Waals surface area contributed by atoms with Crippen LogP contribution in [0.5, 0.6) is 11.5 Å². The molecule has 3 aromatic rings. The van der Waals surface area contributed by atoms with Gasteiger partial charge in [-0.25, -0.2) is 0 Å². The van der Waals surface area contributed by atoms with Gasteiger partial charge in [0.15, 0.2) is 11.5 Å². The van der Waals surface area contributed by atoms with Crippen LogP contribution in [0.4, 0.5) is 0 Å². The lowest BCUT2D eigenvalue weighted by atomic mass is 10.1. The lowest BCUT2D eigenvalue weighted by Gasteiger charge is -2.07. The number of aromatic amines is 1. The van der Waals surface area contributed by atoms with Crippen molar-refractivity contribution in [3.05, 3.63) is 59.8 Å². The Labute approximate surface area is 123 Å². The van der Waals surface area contributed by atoms with Crippen molar-refractivity contribution in [3.8, 4) is 11.5 Å². The maximum atomic E-state index is 9.73. The van der Waals surface area contributed by atoms with Crippen molar-refractivity contribution in [1.82, 2.24) is 10.3 Å². The number of H-pyrrole nitrogens is 1. The summed E-state index contributed by atoms with van der Waals surface area (Å²) in [5, 5.41) is 23.7. The Hall–Kier alpha value is -2.46. The molecule has 0 unspecified atom stereocenters. The average Bonchev–Trinajstić information content (AvgIpc) is 2.91. The minimum atomic E-state index is -0.0778. The van der Waals surface area contributed by atoms with Crippen molar-refractivity contribution in [3.63, 3.8) is 0 Å². The van der Waals surface area contributed by atoms with E-state index in [2.05, 4.69) is 22.4 Å². The smallest absolute Gasteiger partial charge is 0.161 e. The first-order chi connectivity index (χ1) is 10.3. The minimum absolute atomic E-state index is 0.0444. The van der Waals surface area contributed by atoms with E-state index in [1.54, 1.807) is 12.1 Å². The Kier molecular flexibility index (Phi) is 3.79. The van der Waals surface area contributed by atoms with E-state index in [-0.39, 0.29) is 11.5 Å². The van der Waals surface area contributed by atoms with E-state index in [0.29, 0.717) is 12.1 Å². The second-order valence-corrected chi connectivity index (χ2v) is 5.07. The third kappa shape index (κ3) is 2.85. The van der Waals surface area contributed by atoms with Crippen molar-refractivity contribution >= 4 is 10.9 Å². The fourth-order valence-corrected chi connectivity index (χ4v) is 2.50. The largest absolute Gasteiger partial charge is 0.504 e. The molecule has 0 saturated carbocycles. The molecular weight excluding hydrogens is 264 g/mol. The molecule has 0 aliphatic heterocycles. The van der Waals surface area contributed by atoms with Crippen molar-refractivity contribution in [1.29, 1.82) is 0 Å². The summed E-state index contributed by atoms with van der Waals surface area (Å²) in [7, 11) is 0. The summed E-state index contributed by atoms with van der Waals surface area (Å²) < 4.78 is 0. The molecule has 0 atom stereocenters. The SMILES string of the molecule is Oc1cccc(CNCCc2c[nH]c3ccccc23)c1O. The van der Waals surface area contributed by atoms with E-state index >= 15 is 0 Å². The van der Waals surface area contributed by atoms with Gasteiger partial charge < -0.3 is 20.5 Å². The molecule has 0 saturated heterocycles. The first-order valence-corrected chi connectivity index (χ1v) is 7.01. The monoisotopic (exact) mass is 282 g/mol. The van der Waals surface area contributed by atoms with Crippen molar-refractivity contribution in [2.75, 3.05) is 6.54 Å². The number of aromatic nitrogens is 1. The second-order valence-electron chi connectivity index (χ2n) is 5.07. The van der Waals surface area contributed by atoms with Gasteiger partial charge in [-0.2, -0.15) is 0 Å². The van der Waals surface area contributed by atoms with Crippen LogP contribution >= 0.6 is 0 Å². The van der Waals surface area contributed by atoms with Gasteiger partial charge in [-0.15, -0.1) is 0 Å². The molecule has 3 rings (SSSR count). The van der Waals surface area contributed by atoms with Gasteiger partial charge >= 0.3 is 0 Å². The number of phenolic OH excluding ortho intramolecular Hbond substituents is 2. The van der Waals surface area contributed by atoms with E-state index in [1.165, 1.54) is 17.0 Å². The average molecular weight is 282 g/mol. The molecule has 0 radical (unpaired) electrons. The van der Waals surface area contributed by atoms with Crippen LogP contribution in [-0.4, -0.2) is 21.7 Å². The summed E-state index contributed by atoms with van der Waals surface area (Å²) in [6.07, 6.45) is 2.95. The van der Waals surface area contributed by atoms with Gasteiger partial charge in [-0.05, 0) is 30.7 Å². The number of hydrogen-bond donors (Lipinski definition) is 4. The predicted octanol–water partition coefficient (Wildman–Crippen LogP) is 2.91. The highest BCUT2D eigenvalue weighted by molar-refractivity contribution is 5.83. The van der Waals surface area contributed by atoms with Crippen LogP contribution in [0.25, 0.3) is 10.9 Å². The summed E-state index contributed by atoms with van der Waals surface area (Å²) in [5.41, 5.74) is 3.13. The van der Waals surface area contributed by atoms with Gasteiger partial charge in [-0.1, -0.05) is 30.3 Å². The molecule has 0 spiro atoms. The van der Waals surface area contributed by atoms with E-state index in [9.17, 15) is 10.2 Å². The quantitative estimate of drug-likeness (QED) is 0.429. The minimum Gasteiger partial charge on any atom is -0.504 e. The van der Waals surface area contributed by atoms with Crippen LogP contribution in [0.2, 0.25) is 0 Å². The fraction of sp³-hybridized carbons (Fsp3) is 0.176. The normalized spacial score (nSPS) is 11.0. The van der Waals surface area contributed by atoms with Crippen LogP contribution in [0.15, 0.2) is 48.7 Å². The first-order valence-electron chi connectivity index (χ1n) is 7.01. The zero-order chi connectivity index (χ0) is 14.7. The van der Waals surface area contributed by atoms with Crippen molar-refractivity contribution in [2.45, 2.75) is 13.0 Å². The number of fused-ring (bicyclic) bond motifs is 1.